The van der Waals surface area contributed by atoms with Crippen molar-refractivity contribution in [1.29, 1.82) is 0 Å². The van der Waals surface area contributed by atoms with Gasteiger partial charge in [0.2, 0.25) is 29.0 Å². The monoisotopic (exact) mass is 377 g/mol. The van der Waals surface area contributed by atoms with Crippen LogP contribution in [0.3, 0.4) is 0 Å². The third kappa shape index (κ3) is 1.81. The fourth-order valence-corrected chi connectivity index (χ4v) is 4.49. The number of aromatic hydroxyl groups is 1. The predicted octanol–water partition coefficient (Wildman–Crippen LogP) is 1.65. The number of ether oxygens (including phenoxy) is 1. The number of benzene rings is 2. The number of phenolic OH excluding ortho intramolecular Hbond substituents is 1. The zero-order chi connectivity index (χ0) is 19.8. The van der Waals surface area contributed by atoms with E-state index >= 15 is 0 Å². The second-order valence-corrected chi connectivity index (χ2v) is 7.32. The van der Waals surface area contributed by atoms with Gasteiger partial charge < -0.3 is 9.84 Å². The Morgan fingerprint density at radius 2 is 1.64 bits per heavy atom. The summed E-state index contributed by atoms with van der Waals surface area (Å²) < 4.78 is 5.64. The van der Waals surface area contributed by atoms with Crippen molar-refractivity contribution in [3.8, 4) is 5.75 Å². The van der Waals surface area contributed by atoms with Crippen molar-refractivity contribution in [1.82, 2.24) is 0 Å². The molecule has 0 bridgehead atoms. The topological polar surface area (TPSA) is 101 Å². The SMILES string of the molecule is Cc1cc(N2C(=O)C3COC4(C(=O)c5ccccc5C4=O)C3C2=O)ccc1O. The summed E-state index contributed by atoms with van der Waals surface area (Å²) in [5.41, 5.74) is -0.742. The Bertz CT molecular complexity index is 1070. The highest BCUT2D eigenvalue weighted by Gasteiger charge is 2.71. The van der Waals surface area contributed by atoms with Crippen LogP contribution in [0.15, 0.2) is 42.5 Å². The fraction of sp³-hybridized carbons (Fsp3) is 0.238. The number of aryl methyl sites for hydroxylation is 1. The van der Waals surface area contributed by atoms with E-state index in [0.717, 1.165) is 4.90 Å². The molecule has 1 aliphatic carbocycles. The van der Waals surface area contributed by atoms with Crippen LogP contribution in [0.1, 0.15) is 26.3 Å². The Kier molecular flexibility index (Phi) is 3.22. The van der Waals surface area contributed by atoms with Gasteiger partial charge in [0, 0.05) is 11.1 Å². The number of Topliss-reactive ketones (excluding diaryl/α,β-unsaturated/α-hetero) is 2. The molecule has 2 aliphatic heterocycles. The van der Waals surface area contributed by atoms with Crippen molar-refractivity contribution in [3.63, 3.8) is 0 Å². The molecule has 2 amide bonds. The van der Waals surface area contributed by atoms with Gasteiger partial charge in [-0.25, -0.2) is 4.90 Å². The lowest BCUT2D eigenvalue weighted by molar-refractivity contribution is -0.125. The highest BCUT2D eigenvalue weighted by Crippen LogP contribution is 2.50. The molecule has 7 heteroatoms. The van der Waals surface area contributed by atoms with E-state index < -0.39 is 40.8 Å². The lowest BCUT2D eigenvalue weighted by Gasteiger charge is -2.25. The van der Waals surface area contributed by atoms with E-state index in [1.165, 1.54) is 30.3 Å². The van der Waals surface area contributed by atoms with Gasteiger partial charge in [-0.2, -0.15) is 0 Å². The molecule has 2 aromatic carbocycles. The van der Waals surface area contributed by atoms with Crippen LogP contribution in [0, 0.1) is 18.8 Å². The second kappa shape index (κ2) is 5.36. The molecule has 7 nitrogen and oxygen atoms in total. The van der Waals surface area contributed by atoms with Crippen molar-refractivity contribution in [2.75, 3.05) is 11.5 Å². The number of carbonyl (C=O) groups excluding carboxylic acids is 4. The third-order valence-corrected chi connectivity index (χ3v) is 5.88. The summed E-state index contributed by atoms with van der Waals surface area (Å²) >= 11 is 0. The van der Waals surface area contributed by atoms with Crippen LogP contribution in [-0.2, 0) is 14.3 Å². The number of fused-ring (bicyclic) bond motifs is 3. The molecule has 2 atom stereocenters. The Hall–Kier alpha value is -3.32. The number of hydrogen-bond acceptors (Lipinski definition) is 6. The molecule has 0 saturated carbocycles. The van der Waals surface area contributed by atoms with Crippen molar-refractivity contribution >= 4 is 29.1 Å². The first-order valence-electron chi connectivity index (χ1n) is 8.88. The van der Waals surface area contributed by atoms with Crippen LogP contribution in [-0.4, -0.2) is 40.7 Å². The number of nitrogens with zero attached hydrogens (tertiary/aromatic N) is 1. The van der Waals surface area contributed by atoms with E-state index in [1.807, 2.05) is 0 Å². The number of anilines is 1. The molecular weight excluding hydrogens is 362 g/mol. The maximum Gasteiger partial charge on any atom is 0.241 e. The molecule has 2 unspecified atom stereocenters. The molecule has 28 heavy (non-hydrogen) atoms. The zero-order valence-corrected chi connectivity index (χ0v) is 14.8. The Labute approximate surface area is 159 Å². The molecule has 3 aliphatic rings. The molecule has 140 valence electrons. The number of ketones is 2. The van der Waals surface area contributed by atoms with Crippen LogP contribution in [0.5, 0.6) is 5.75 Å². The second-order valence-electron chi connectivity index (χ2n) is 7.32. The molecule has 1 spiro atoms. The largest absolute Gasteiger partial charge is 0.508 e. The minimum absolute atomic E-state index is 0.0411. The fourth-order valence-electron chi connectivity index (χ4n) is 4.49. The maximum atomic E-state index is 13.3. The minimum Gasteiger partial charge on any atom is -0.508 e. The van der Waals surface area contributed by atoms with E-state index in [-0.39, 0.29) is 23.5 Å². The molecule has 0 aromatic heterocycles. The van der Waals surface area contributed by atoms with Gasteiger partial charge >= 0.3 is 0 Å². The number of hydrogen-bond donors (Lipinski definition) is 1. The first-order chi connectivity index (χ1) is 13.4. The number of phenols is 1. The molecule has 2 heterocycles. The predicted molar refractivity (Wildman–Crippen MR) is 96.1 cm³/mol. The summed E-state index contributed by atoms with van der Waals surface area (Å²) in [5, 5.41) is 9.72. The van der Waals surface area contributed by atoms with Gasteiger partial charge in [-0.3, -0.25) is 19.2 Å². The van der Waals surface area contributed by atoms with Crippen LogP contribution in [0.4, 0.5) is 5.69 Å². The smallest absolute Gasteiger partial charge is 0.241 e. The third-order valence-electron chi connectivity index (χ3n) is 5.88. The Balaban J connectivity index is 1.61. The van der Waals surface area contributed by atoms with Crippen molar-refractivity contribution in [2.45, 2.75) is 12.5 Å². The van der Waals surface area contributed by atoms with E-state index in [1.54, 1.807) is 19.1 Å². The average molecular weight is 377 g/mol. The van der Waals surface area contributed by atoms with Crippen LogP contribution in [0.25, 0.3) is 0 Å². The zero-order valence-electron chi connectivity index (χ0n) is 14.8. The normalized spacial score (nSPS) is 25.0. The molecule has 0 radical (unpaired) electrons. The summed E-state index contributed by atoms with van der Waals surface area (Å²) in [5.74, 6) is -4.32. The summed E-state index contributed by atoms with van der Waals surface area (Å²) in [6.07, 6.45) is 0. The Morgan fingerprint density at radius 1 is 1.00 bits per heavy atom. The maximum absolute atomic E-state index is 13.3. The molecular formula is C21H15NO6. The van der Waals surface area contributed by atoms with Gasteiger partial charge in [0.05, 0.1) is 24.1 Å². The van der Waals surface area contributed by atoms with E-state index in [0.29, 0.717) is 11.3 Å². The molecule has 2 fully saturated rings. The quantitative estimate of drug-likeness (QED) is 0.599. The molecule has 1 N–H and O–H groups in total. The van der Waals surface area contributed by atoms with Crippen molar-refractivity contribution in [2.24, 2.45) is 11.8 Å². The highest BCUT2D eigenvalue weighted by atomic mass is 16.5. The number of imide groups is 1. The molecule has 2 aromatic rings. The van der Waals surface area contributed by atoms with Crippen LogP contribution >= 0.6 is 0 Å². The lowest BCUT2D eigenvalue weighted by atomic mass is 9.79. The van der Waals surface area contributed by atoms with Gasteiger partial charge in [-0.1, -0.05) is 24.3 Å². The highest BCUT2D eigenvalue weighted by molar-refractivity contribution is 6.36. The average Bonchev–Trinajstić information content (AvgIpc) is 3.27. The van der Waals surface area contributed by atoms with Gasteiger partial charge in [0.15, 0.2) is 0 Å². The standard InChI is InChI=1S/C21H15NO6/c1-10-8-11(6-7-15(10)23)22-19(26)14-9-28-21(16(14)20(22)27)17(24)12-4-2-3-5-13(12)18(21)25/h2-8,14,16,23H,9H2,1H3. The summed E-state index contributed by atoms with van der Waals surface area (Å²) in [7, 11) is 0. The molecule has 5 rings (SSSR count). The summed E-state index contributed by atoms with van der Waals surface area (Å²) in [6, 6.07) is 10.7. The minimum atomic E-state index is -1.97. The lowest BCUT2D eigenvalue weighted by Crippen LogP contribution is -2.51. The molecule has 2 saturated heterocycles. The van der Waals surface area contributed by atoms with Gasteiger partial charge in [-0.15, -0.1) is 0 Å². The van der Waals surface area contributed by atoms with Crippen molar-refractivity contribution < 1.29 is 29.0 Å². The Morgan fingerprint density at radius 3 is 2.25 bits per heavy atom. The van der Waals surface area contributed by atoms with Gasteiger partial charge in [0.25, 0.3) is 0 Å². The summed E-state index contributed by atoms with van der Waals surface area (Å²) in [6.45, 7) is 1.48. The number of rotatable bonds is 1. The van der Waals surface area contributed by atoms with E-state index in [2.05, 4.69) is 0 Å². The van der Waals surface area contributed by atoms with Crippen molar-refractivity contribution in [3.05, 3.63) is 59.2 Å². The van der Waals surface area contributed by atoms with E-state index in [4.69, 9.17) is 4.74 Å². The van der Waals surface area contributed by atoms with E-state index in [9.17, 15) is 24.3 Å². The number of carbonyl (C=O) groups is 4. The van der Waals surface area contributed by atoms with Gasteiger partial charge in [-0.05, 0) is 30.7 Å². The first kappa shape index (κ1) is 16.8. The van der Waals surface area contributed by atoms with Crippen LogP contribution < -0.4 is 4.90 Å². The van der Waals surface area contributed by atoms with Crippen LogP contribution in [0.2, 0.25) is 0 Å². The summed E-state index contributed by atoms with van der Waals surface area (Å²) in [4.78, 5) is 53.4. The number of amides is 2. The van der Waals surface area contributed by atoms with Gasteiger partial charge in [0.1, 0.15) is 5.75 Å². The first-order valence-corrected chi connectivity index (χ1v) is 8.88.